The molecular formula is C6H11ClO4S. The predicted molar refractivity (Wildman–Crippen MR) is 48.5 cm³/mol. The fourth-order valence-electron chi connectivity index (χ4n) is 0.286. The first-order valence-electron chi connectivity index (χ1n) is 2.96. The highest BCUT2D eigenvalue weighted by Gasteiger charge is 2.16. The van der Waals surface area contributed by atoms with Gasteiger partial charge in [0.25, 0.3) is 0 Å². The first-order chi connectivity index (χ1) is 5.21. The maximum atomic E-state index is 11.3. The number of methoxy groups -OCH3 is 1. The molecule has 0 saturated heterocycles. The van der Waals surface area contributed by atoms with E-state index < -0.39 is 14.4 Å². The van der Waals surface area contributed by atoms with Crippen molar-refractivity contribution in [3.63, 3.8) is 0 Å². The van der Waals surface area contributed by atoms with Crippen molar-refractivity contribution in [1.82, 2.24) is 0 Å². The van der Waals surface area contributed by atoms with E-state index >= 15 is 0 Å². The molecule has 0 aromatic rings. The van der Waals surface area contributed by atoms with Crippen LogP contribution in [-0.4, -0.2) is 30.0 Å². The zero-order chi connectivity index (χ0) is 9.85. The fourth-order valence-corrected chi connectivity index (χ4v) is 0.777. The third kappa shape index (κ3) is 7.56. The van der Waals surface area contributed by atoms with E-state index in [-0.39, 0.29) is 0 Å². The van der Waals surface area contributed by atoms with E-state index in [1.807, 2.05) is 0 Å². The van der Waals surface area contributed by atoms with Gasteiger partial charge in [-0.05, 0) is 19.0 Å². The number of ether oxygens (including phenoxy) is 2. The van der Waals surface area contributed by atoms with E-state index in [0.717, 1.165) is 11.7 Å². The molecule has 0 amide bonds. The maximum absolute atomic E-state index is 11.3. The van der Waals surface area contributed by atoms with Crippen LogP contribution in [0.15, 0.2) is 11.7 Å². The van der Waals surface area contributed by atoms with Crippen LogP contribution < -0.4 is 0 Å². The Balaban J connectivity index is 4.12. The van der Waals surface area contributed by atoms with Gasteiger partial charge in [0.05, 0.1) is 7.11 Å². The van der Waals surface area contributed by atoms with E-state index in [1.165, 1.54) is 19.6 Å². The summed E-state index contributed by atoms with van der Waals surface area (Å²) in [5.41, 5.74) is 0. The number of halogens is 1. The minimum absolute atomic E-state index is 0.875. The summed E-state index contributed by atoms with van der Waals surface area (Å²) in [6, 6.07) is 0. The van der Waals surface area contributed by atoms with Crippen LogP contribution in [0.5, 0.6) is 0 Å². The predicted octanol–water partition coefficient (Wildman–Crippen LogP) is 1.47. The summed E-state index contributed by atoms with van der Waals surface area (Å²) in [5, 5.41) is 1.12. The SMILES string of the molecule is COC(=O)O/C=C/S(C)(C)(=O)Cl. The molecule has 0 bridgehead atoms. The monoisotopic (exact) mass is 214 g/mol. The van der Waals surface area contributed by atoms with Gasteiger partial charge in [0, 0.05) is 17.9 Å². The van der Waals surface area contributed by atoms with Crippen molar-refractivity contribution in [1.29, 1.82) is 0 Å². The molecule has 0 radical (unpaired) electrons. The molecule has 0 aliphatic rings. The largest absolute Gasteiger partial charge is 0.512 e. The molecule has 0 rings (SSSR count). The molecule has 0 aromatic carbocycles. The zero-order valence-electron chi connectivity index (χ0n) is 7.07. The normalized spacial score (nSPS) is 15.2. The second-order valence-electron chi connectivity index (χ2n) is 2.61. The lowest BCUT2D eigenvalue weighted by atomic mass is 11.1. The van der Waals surface area contributed by atoms with Gasteiger partial charge in [0.1, 0.15) is 6.26 Å². The zero-order valence-corrected chi connectivity index (χ0v) is 8.65. The number of rotatable bonds is 2. The van der Waals surface area contributed by atoms with Crippen LogP contribution in [0.4, 0.5) is 4.79 Å². The van der Waals surface area contributed by atoms with Crippen LogP contribution in [0.2, 0.25) is 0 Å². The Labute approximate surface area is 75.4 Å². The molecule has 0 aliphatic heterocycles. The Kier molecular flexibility index (Phi) is 3.29. The summed E-state index contributed by atoms with van der Waals surface area (Å²) in [4.78, 5) is 10.4. The molecule has 6 heteroatoms. The van der Waals surface area contributed by atoms with E-state index in [1.54, 1.807) is 0 Å². The molecule has 0 atom stereocenters. The third-order valence-electron chi connectivity index (χ3n) is 0.766. The van der Waals surface area contributed by atoms with Gasteiger partial charge in [0.15, 0.2) is 0 Å². The first kappa shape index (κ1) is 11.4. The van der Waals surface area contributed by atoms with Gasteiger partial charge in [-0.15, -0.1) is 0 Å². The Morgan fingerprint density at radius 1 is 1.50 bits per heavy atom. The molecule has 0 aromatic heterocycles. The Morgan fingerprint density at radius 2 is 2.00 bits per heavy atom. The lowest BCUT2D eigenvalue weighted by molar-refractivity contribution is 0.106. The lowest BCUT2D eigenvalue weighted by Crippen LogP contribution is -2.16. The van der Waals surface area contributed by atoms with Gasteiger partial charge in [-0.1, -0.05) is 0 Å². The molecule has 12 heavy (non-hydrogen) atoms. The van der Waals surface area contributed by atoms with Gasteiger partial charge >= 0.3 is 6.16 Å². The van der Waals surface area contributed by atoms with Crippen molar-refractivity contribution < 1.29 is 18.5 Å². The summed E-state index contributed by atoms with van der Waals surface area (Å²) in [6.45, 7) is 0. The van der Waals surface area contributed by atoms with Gasteiger partial charge in [-0.25, -0.2) is 4.79 Å². The molecule has 0 fully saturated rings. The lowest BCUT2D eigenvalue weighted by Gasteiger charge is -2.18. The van der Waals surface area contributed by atoms with Gasteiger partial charge in [-0.2, -0.15) is 0 Å². The minimum Gasteiger partial charge on any atom is -0.437 e. The van der Waals surface area contributed by atoms with Crippen LogP contribution in [-0.2, 0) is 17.8 Å². The van der Waals surface area contributed by atoms with Crippen molar-refractivity contribution >= 4 is 25.1 Å². The molecule has 0 spiro atoms. The molecule has 72 valence electrons. The topological polar surface area (TPSA) is 52.6 Å². The summed E-state index contributed by atoms with van der Waals surface area (Å²) in [5.74, 6) is 0. The van der Waals surface area contributed by atoms with Crippen molar-refractivity contribution in [2.24, 2.45) is 0 Å². The summed E-state index contributed by atoms with van der Waals surface area (Å²) in [6.07, 6.45) is 2.76. The highest BCUT2D eigenvalue weighted by atomic mass is 35.7. The van der Waals surface area contributed by atoms with Crippen LogP contribution in [0.1, 0.15) is 0 Å². The smallest absolute Gasteiger partial charge is 0.437 e. The first-order valence-corrected chi connectivity index (χ1v) is 6.63. The number of carbonyl (C=O) groups is 1. The van der Waals surface area contributed by atoms with E-state index in [0.29, 0.717) is 0 Å². The second-order valence-corrected chi connectivity index (χ2v) is 9.19. The molecule has 0 unspecified atom stereocenters. The molecule has 0 N–H and O–H groups in total. The fraction of sp³-hybridized carbons (Fsp3) is 0.500. The van der Waals surface area contributed by atoms with Crippen molar-refractivity contribution in [3.05, 3.63) is 11.7 Å². The second kappa shape index (κ2) is 3.45. The minimum atomic E-state index is -3.26. The third-order valence-corrected chi connectivity index (χ3v) is 1.94. The highest BCUT2D eigenvalue weighted by molar-refractivity contribution is 8.39. The molecule has 4 nitrogen and oxygen atoms in total. The molecule has 0 saturated carbocycles. The number of hydrogen-bond donors (Lipinski definition) is 0. The summed E-state index contributed by atoms with van der Waals surface area (Å²) < 4.78 is 19.8. The summed E-state index contributed by atoms with van der Waals surface area (Å²) >= 11 is 0. The average Bonchev–Trinajstić information content (AvgIpc) is 1.83. The quantitative estimate of drug-likeness (QED) is 0.397. The summed E-state index contributed by atoms with van der Waals surface area (Å²) in [7, 11) is 3.46. The Bertz CT molecular complexity index is 254. The van der Waals surface area contributed by atoms with Gasteiger partial charge < -0.3 is 9.47 Å². The number of hydrogen-bond acceptors (Lipinski definition) is 4. The Hall–Kier alpha value is -0.550. The average molecular weight is 215 g/mol. The maximum Gasteiger partial charge on any atom is 0.512 e. The Morgan fingerprint density at radius 3 is 2.33 bits per heavy atom. The van der Waals surface area contributed by atoms with Crippen molar-refractivity contribution in [2.75, 3.05) is 19.6 Å². The highest BCUT2D eigenvalue weighted by Crippen LogP contribution is 2.24. The van der Waals surface area contributed by atoms with E-state index in [4.69, 9.17) is 10.7 Å². The van der Waals surface area contributed by atoms with E-state index in [9.17, 15) is 9.00 Å². The molecular weight excluding hydrogens is 204 g/mol. The van der Waals surface area contributed by atoms with Gasteiger partial charge in [0.2, 0.25) is 0 Å². The van der Waals surface area contributed by atoms with Crippen LogP contribution in [0.3, 0.4) is 0 Å². The standard InChI is InChI=1S/C6H11ClO4S/c1-10-6(8)11-4-5-12(2,3,7)9/h4-5H,1-3H3/b5-4+. The van der Waals surface area contributed by atoms with Crippen LogP contribution >= 0.6 is 10.7 Å². The van der Waals surface area contributed by atoms with Gasteiger partial charge in [-0.3, -0.25) is 4.21 Å². The van der Waals surface area contributed by atoms with Crippen molar-refractivity contribution in [2.45, 2.75) is 0 Å². The van der Waals surface area contributed by atoms with E-state index in [2.05, 4.69) is 9.47 Å². The molecule has 0 heterocycles. The van der Waals surface area contributed by atoms with Crippen LogP contribution in [0, 0.1) is 0 Å². The number of carbonyl (C=O) groups excluding carboxylic acids is 1. The van der Waals surface area contributed by atoms with Crippen molar-refractivity contribution in [3.8, 4) is 0 Å². The van der Waals surface area contributed by atoms with Crippen LogP contribution in [0.25, 0.3) is 0 Å². The molecule has 0 aliphatic carbocycles.